The summed E-state index contributed by atoms with van der Waals surface area (Å²) in [6.45, 7) is 3.98. The second kappa shape index (κ2) is 7.83. The lowest BCUT2D eigenvalue weighted by molar-refractivity contribution is 0.0978. The number of nitrogens with one attached hydrogen (secondary N) is 1. The maximum Gasteiger partial charge on any atom is 0.277 e. The molecular weight excluding hydrogens is 364 g/mol. The highest BCUT2D eigenvalue weighted by atomic mass is 16.2. The van der Waals surface area contributed by atoms with Crippen LogP contribution in [0.2, 0.25) is 0 Å². The fourth-order valence-corrected chi connectivity index (χ4v) is 3.56. The largest absolute Gasteiger partial charge is 0.340 e. The number of carbonyl (C=O) groups excluding carboxylic acids is 2. The van der Waals surface area contributed by atoms with Gasteiger partial charge in [-0.2, -0.15) is 0 Å². The first-order valence-electron chi connectivity index (χ1n) is 9.65. The quantitative estimate of drug-likeness (QED) is 0.676. The summed E-state index contributed by atoms with van der Waals surface area (Å²) < 4.78 is 0. The number of hydrogen-bond acceptors (Lipinski definition) is 5. The number of nitrogens with zero attached hydrogens (tertiary/aromatic N) is 3. The van der Waals surface area contributed by atoms with E-state index < -0.39 is 0 Å². The van der Waals surface area contributed by atoms with Gasteiger partial charge in [-0.1, -0.05) is 18.2 Å². The molecule has 0 aliphatic carbocycles. The summed E-state index contributed by atoms with van der Waals surface area (Å²) in [6, 6.07) is 16.8. The van der Waals surface area contributed by atoms with E-state index in [0.717, 1.165) is 24.2 Å². The minimum absolute atomic E-state index is 0.0177. The van der Waals surface area contributed by atoms with Crippen molar-refractivity contribution < 1.29 is 9.59 Å². The van der Waals surface area contributed by atoms with E-state index >= 15 is 0 Å². The number of amides is 1. The molecule has 0 saturated carbocycles. The molecule has 0 radical (unpaired) electrons. The summed E-state index contributed by atoms with van der Waals surface area (Å²) in [5.74, 6) is 0.951. The van der Waals surface area contributed by atoms with Crippen LogP contribution in [0, 0.1) is 6.92 Å². The molecule has 0 saturated heterocycles. The molecule has 1 N–H and O–H groups in total. The van der Waals surface area contributed by atoms with Crippen LogP contribution >= 0.6 is 0 Å². The highest BCUT2D eigenvalue weighted by molar-refractivity contribution is 6.06. The number of carbonyl (C=O) groups is 2. The lowest BCUT2D eigenvalue weighted by Gasteiger charge is -2.29. The van der Waals surface area contributed by atoms with Gasteiger partial charge in [0, 0.05) is 29.5 Å². The highest BCUT2D eigenvalue weighted by Crippen LogP contribution is 2.28. The number of anilines is 3. The number of fused-ring (bicyclic) bond motifs is 1. The van der Waals surface area contributed by atoms with Gasteiger partial charge in [-0.05, 0) is 62.6 Å². The molecule has 1 amide bonds. The normalized spacial score (nSPS) is 13.0. The Labute approximate surface area is 169 Å². The van der Waals surface area contributed by atoms with Crippen LogP contribution in [-0.2, 0) is 6.42 Å². The Balaban J connectivity index is 1.60. The van der Waals surface area contributed by atoms with Crippen LogP contribution in [0.25, 0.3) is 0 Å². The molecule has 6 nitrogen and oxygen atoms in total. The number of rotatable bonds is 4. The molecule has 2 heterocycles. The average molecular weight is 386 g/mol. The molecule has 6 heteroatoms. The minimum Gasteiger partial charge on any atom is -0.340 e. The van der Waals surface area contributed by atoms with Gasteiger partial charge < -0.3 is 10.2 Å². The number of aryl methyl sites for hydroxylation is 2. The first kappa shape index (κ1) is 18.8. The molecule has 0 atom stereocenters. The Morgan fingerprint density at radius 3 is 2.55 bits per heavy atom. The lowest BCUT2D eigenvalue weighted by Crippen LogP contribution is -2.36. The summed E-state index contributed by atoms with van der Waals surface area (Å²) in [5.41, 5.74) is 3.93. The Bertz CT molecular complexity index is 1080. The zero-order valence-corrected chi connectivity index (χ0v) is 16.5. The summed E-state index contributed by atoms with van der Waals surface area (Å²) >= 11 is 0. The molecular formula is C23H22N4O2. The maximum absolute atomic E-state index is 13.2. The van der Waals surface area contributed by atoms with Gasteiger partial charge in [0.1, 0.15) is 17.3 Å². The van der Waals surface area contributed by atoms with Gasteiger partial charge in [-0.15, -0.1) is 0 Å². The molecule has 2 aromatic carbocycles. The van der Waals surface area contributed by atoms with Crippen molar-refractivity contribution in [1.29, 1.82) is 0 Å². The Hall–Kier alpha value is -3.54. The standard InChI is InChI=1S/C23H22N4O2/c1-15(28)17-9-11-19(12-10-17)26-22-14-20(24-16(2)25-22)23(29)27-13-5-7-18-6-3-4-8-21(18)27/h3-4,6,8-12,14H,5,7,13H2,1-2H3,(H,24,25,26). The van der Waals surface area contributed by atoms with Crippen LogP contribution in [0.1, 0.15) is 45.6 Å². The molecule has 1 aliphatic rings. The minimum atomic E-state index is -0.127. The van der Waals surface area contributed by atoms with E-state index in [-0.39, 0.29) is 11.7 Å². The molecule has 146 valence electrons. The van der Waals surface area contributed by atoms with E-state index in [1.165, 1.54) is 12.5 Å². The predicted octanol–water partition coefficient (Wildman–Crippen LogP) is 4.32. The fourth-order valence-electron chi connectivity index (χ4n) is 3.56. The second-order valence-electron chi connectivity index (χ2n) is 7.13. The van der Waals surface area contributed by atoms with Crippen molar-refractivity contribution in [1.82, 2.24) is 9.97 Å². The van der Waals surface area contributed by atoms with Crippen molar-refractivity contribution in [3.8, 4) is 0 Å². The molecule has 0 fully saturated rings. The van der Waals surface area contributed by atoms with Crippen molar-refractivity contribution >= 4 is 28.9 Å². The topological polar surface area (TPSA) is 75.2 Å². The number of para-hydroxylation sites is 1. The molecule has 1 aliphatic heterocycles. The third-order valence-electron chi connectivity index (χ3n) is 4.98. The zero-order valence-electron chi connectivity index (χ0n) is 16.5. The second-order valence-corrected chi connectivity index (χ2v) is 7.13. The van der Waals surface area contributed by atoms with E-state index in [9.17, 15) is 9.59 Å². The smallest absolute Gasteiger partial charge is 0.277 e. The monoisotopic (exact) mass is 386 g/mol. The van der Waals surface area contributed by atoms with E-state index in [0.29, 0.717) is 29.4 Å². The van der Waals surface area contributed by atoms with Crippen LogP contribution in [-0.4, -0.2) is 28.2 Å². The van der Waals surface area contributed by atoms with Crippen LogP contribution in [0.4, 0.5) is 17.2 Å². The molecule has 0 spiro atoms. The molecule has 3 aromatic rings. The first-order chi connectivity index (χ1) is 14.0. The summed E-state index contributed by atoms with van der Waals surface area (Å²) in [6.07, 6.45) is 1.91. The number of ketones is 1. The lowest BCUT2D eigenvalue weighted by atomic mass is 10.0. The van der Waals surface area contributed by atoms with Crippen molar-refractivity contribution in [2.45, 2.75) is 26.7 Å². The van der Waals surface area contributed by atoms with E-state index in [1.807, 2.05) is 30.3 Å². The maximum atomic E-state index is 13.2. The van der Waals surface area contributed by atoms with Gasteiger partial charge in [0.05, 0.1) is 0 Å². The van der Waals surface area contributed by atoms with Crippen LogP contribution in [0.3, 0.4) is 0 Å². The van der Waals surface area contributed by atoms with Crippen LogP contribution in [0.15, 0.2) is 54.6 Å². The summed E-state index contributed by atoms with van der Waals surface area (Å²) in [4.78, 5) is 35.2. The average Bonchev–Trinajstić information content (AvgIpc) is 2.73. The van der Waals surface area contributed by atoms with Crippen molar-refractivity contribution in [2.75, 3.05) is 16.8 Å². The third kappa shape index (κ3) is 4.01. The summed E-state index contributed by atoms with van der Waals surface area (Å²) in [7, 11) is 0. The molecule has 0 unspecified atom stereocenters. The fraction of sp³-hybridized carbons (Fsp3) is 0.217. The third-order valence-corrected chi connectivity index (χ3v) is 4.98. The molecule has 29 heavy (non-hydrogen) atoms. The van der Waals surface area contributed by atoms with Gasteiger partial charge >= 0.3 is 0 Å². The van der Waals surface area contributed by atoms with Crippen molar-refractivity contribution in [2.24, 2.45) is 0 Å². The van der Waals surface area contributed by atoms with E-state index in [2.05, 4.69) is 21.4 Å². The Kier molecular flexibility index (Phi) is 5.08. The van der Waals surface area contributed by atoms with Crippen LogP contribution in [0.5, 0.6) is 0 Å². The number of hydrogen-bond donors (Lipinski definition) is 1. The first-order valence-corrected chi connectivity index (χ1v) is 9.65. The Morgan fingerprint density at radius 1 is 1.03 bits per heavy atom. The van der Waals surface area contributed by atoms with Gasteiger partial charge in [0.15, 0.2) is 5.78 Å². The number of aromatic nitrogens is 2. The van der Waals surface area contributed by atoms with E-state index in [4.69, 9.17) is 0 Å². The molecule has 4 rings (SSSR count). The highest BCUT2D eigenvalue weighted by Gasteiger charge is 2.24. The van der Waals surface area contributed by atoms with Crippen molar-refractivity contribution in [3.05, 3.63) is 77.2 Å². The number of Topliss-reactive ketones (excluding diaryl/α,β-unsaturated/α-hetero) is 1. The predicted molar refractivity (Wildman–Crippen MR) is 113 cm³/mol. The summed E-state index contributed by atoms with van der Waals surface area (Å²) in [5, 5.41) is 3.20. The SMILES string of the molecule is CC(=O)c1ccc(Nc2cc(C(=O)N3CCCc4ccccc43)nc(C)n2)cc1. The molecule has 0 bridgehead atoms. The van der Waals surface area contributed by atoms with Gasteiger partial charge in [-0.3, -0.25) is 9.59 Å². The van der Waals surface area contributed by atoms with Gasteiger partial charge in [-0.25, -0.2) is 9.97 Å². The molecule has 1 aromatic heterocycles. The van der Waals surface area contributed by atoms with Gasteiger partial charge in [0.2, 0.25) is 0 Å². The van der Waals surface area contributed by atoms with Crippen LogP contribution < -0.4 is 10.2 Å². The Morgan fingerprint density at radius 2 is 1.79 bits per heavy atom. The van der Waals surface area contributed by atoms with E-state index in [1.54, 1.807) is 30.0 Å². The zero-order chi connectivity index (χ0) is 20.4. The van der Waals surface area contributed by atoms with Crippen molar-refractivity contribution in [3.63, 3.8) is 0 Å². The van der Waals surface area contributed by atoms with Gasteiger partial charge in [0.25, 0.3) is 5.91 Å². The number of benzene rings is 2.